The van der Waals surface area contributed by atoms with Gasteiger partial charge in [-0.1, -0.05) is 79.6 Å². The van der Waals surface area contributed by atoms with Crippen LogP contribution in [0.5, 0.6) is 0 Å². The smallest absolute Gasteiger partial charge is 0.407 e. The summed E-state index contributed by atoms with van der Waals surface area (Å²) in [7, 11) is 0. The molecule has 1 aliphatic carbocycles. The van der Waals surface area contributed by atoms with Crippen molar-refractivity contribution >= 4 is 12.0 Å². The normalized spacial score (nSPS) is 21.9. The molecule has 3 heterocycles. The number of nitrogens with zero attached hydrogens (tertiary/aromatic N) is 5. The molecule has 4 aromatic rings. The van der Waals surface area contributed by atoms with Gasteiger partial charge in [-0.05, 0) is 37.0 Å². The van der Waals surface area contributed by atoms with Gasteiger partial charge in [0.15, 0.2) is 5.69 Å². The van der Waals surface area contributed by atoms with Crippen molar-refractivity contribution in [3.8, 4) is 11.3 Å². The molecular formula is C35H39N5O5. The number of imidazole rings is 1. The van der Waals surface area contributed by atoms with Crippen LogP contribution in [0.1, 0.15) is 53.5 Å². The molecule has 0 bridgehead atoms. The summed E-state index contributed by atoms with van der Waals surface area (Å²) in [6, 6.07) is 24.4. The van der Waals surface area contributed by atoms with E-state index in [1.165, 1.54) is 4.90 Å². The van der Waals surface area contributed by atoms with Crippen molar-refractivity contribution in [1.82, 2.24) is 24.3 Å². The van der Waals surface area contributed by atoms with E-state index in [2.05, 4.69) is 4.98 Å². The molecule has 10 nitrogen and oxygen atoms in total. The fourth-order valence-electron chi connectivity index (χ4n) is 6.72. The minimum absolute atomic E-state index is 0.125. The highest BCUT2D eigenvalue weighted by Crippen LogP contribution is 2.41. The average Bonchev–Trinajstić information content (AvgIpc) is 3.51. The van der Waals surface area contributed by atoms with Gasteiger partial charge in [0.2, 0.25) is 0 Å². The number of rotatable bonds is 9. The van der Waals surface area contributed by atoms with E-state index in [0.29, 0.717) is 37.3 Å². The predicted octanol–water partition coefficient (Wildman–Crippen LogP) is 5.06. The molecule has 0 unspecified atom stereocenters. The number of benzene rings is 2. The summed E-state index contributed by atoms with van der Waals surface area (Å²) in [6.07, 6.45) is 6.00. The highest BCUT2D eigenvalue weighted by molar-refractivity contribution is 5.98. The van der Waals surface area contributed by atoms with E-state index in [1.54, 1.807) is 17.4 Å². The SMILES string of the molecule is O=C(O)N1CCN(C(=O)c2ncn([C@H]3CCCC[C@]3(O)COCc3ccccn3)c2-c2ccccc2)[C@H](Cc2ccccc2)C1. The number of ether oxygens (including phenoxy) is 1. The van der Waals surface area contributed by atoms with Crippen LogP contribution in [0.4, 0.5) is 4.79 Å². The second-order valence-corrected chi connectivity index (χ2v) is 12.0. The Kier molecular flexibility index (Phi) is 9.23. The monoisotopic (exact) mass is 609 g/mol. The van der Waals surface area contributed by atoms with E-state index >= 15 is 0 Å². The summed E-state index contributed by atoms with van der Waals surface area (Å²) < 4.78 is 8.00. The molecule has 0 spiro atoms. The molecule has 10 heteroatoms. The summed E-state index contributed by atoms with van der Waals surface area (Å²) in [6.45, 7) is 1.12. The maximum atomic E-state index is 14.4. The molecule has 2 aromatic heterocycles. The minimum Gasteiger partial charge on any atom is -0.465 e. The molecule has 1 saturated heterocycles. The van der Waals surface area contributed by atoms with Gasteiger partial charge in [0.25, 0.3) is 5.91 Å². The van der Waals surface area contributed by atoms with Gasteiger partial charge in [0, 0.05) is 31.4 Å². The third-order valence-corrected chi connectivity index (χ3v) is 8.99. The van der Waals surface area contributed by atoms with E-state index in [1.807, 2.05) is 83.4 Å². The van der Waals surface area contributed by atoms with Crippen LogP contribution in [0.3, 0.4) is 0 Å². The summed E-state index contributed by atoms with van der Waals surface area (Å²) in [5.74, 6) is -0.246. The van der Waals surface area contributed by atoms with Gasteiger partial charge in [-0.2, -0.15) is 0 Å². The highest BCUT2D eigenvalue weighted by atomic mass is 16.5. The zero-order chi connectivity index (χ0) is 31.2. The number of aromatic nitrogens is 3. The van der Waals surface area contributed by atoms with E-state index < -0.39 is 11.7 Å². The third kappa shape index (κ3) is 6.77. The molecule has 1 saturated carbocycles. The number of hydrogen-bond donors (Lipinski definition) is 2. The van der Waals surface area contributed by atoms with E-state index in [0.717, 1.165) is 29.7 Å². The van der Waals surface area contributed by atoms with Gasteiger partial charge >= 0.3 is 6.09 Å². The van der Waals surface area contributed by atoms with Crippen LogP contribution < -0.4 is 0 Å². The first-order valence-corrected chi connectivity index (χ1v) is 15.6. The number of hydrogen-bond acceptors (Lipinski definition) is 6. The van der Waals surface area contributed by atoms with Crippen LogP contribution in [-0.4, -0.2) is 84.4 Å². The largest absolute Gasteiger partial charge is 0.465 e. The first-order chi connectivity index (χ1) is 21.9. The zero-order valence-corrected chi connectivity index (χ0v) is 25.2. The van der Waals surface area contributed by atoms with Gasteiger partial charge in [0.1, 0.15) is 5.60 Å². The van der Waals surface area contributed by atoms with Crippen LogP contribution in [0, 0.1) is 0 Å². The lowest BCUT2D eigenvalue weighted by Gasteiger charge is -2.41. The molecule has 2 fully saturated rings. The van der Waals surface area contributed by atoms with Crippen LogP contribution in [-0.2, 0) is 17.8 Å². The van der Waals surface area contributed by atoms with Crippen molar-refractivity contribution in [2.45, 2.75) is 56.4 Å². The quantitative estimate of drug-likeness (QED) is 0.272. The Morgan fingerprint density at radius 1 is 0.933 bits per heavy atom. The number of carboxylic acid groups (broad SMARTS) is 1. The van der Waals surface area contributed by atoms with Gasteiger partial charge in [-0.3, -0.25) is 9.78 Å². The number of amides is 2. The van der Waals surface area contributed by atoms with Crippen molar-refractivity contribution in [3.05, 3.63) is 108 Å². The number of carbonyl (C=O) groups excluding carboxylic acids is 1. The lowest BCUT2D eigenvalue weighted by atomic mass is 9.80. The summed E-state index contributed by atoms with van der Waals surface area (Å²) in [5, 5.41) is 21.8. The standard InChI is InChI=1S/C35H39N5O5/c41-33(39-20-19-38(34(42)43)22-29(39)21-26-11-3-1-4-12-26)31-32(27-13-5-2-6-14-27)40(25-37-31)30-16-7-9-17-35(30,44)24-45-23-28-15-8-10-18-36-28/h1-6,8,10-15,18,25,29-30,44H,7,9,16-17,19-24H2,(H,42,43)/t29-,30+,35+/m1/s1. The van der Waals surface area contributed by atoms with Crippen LogP contribution in [0.25, 0.3) is 11.3 Å². The van der Waals surface area contributed by atoms with Crippen molar-refractivity contribution in [3.63, 3.8) is 0 Å². The fourth-order valence-corrected chi connectivity index (χ4v) is 6.72. The molecule has 2 N–H and O–H groups in total. The van der Waals surface area contributed by atoms with Crippen molar-refractivity contribution < 1.29 is 24.5 Å². The molecule has 3 atom stereocenters. The predicted molar refractivity (Wildman–Crippen MR) is 169 cm³/mol. The molecule has 2 aliphatic rings. The summed E-state index contributed by atoms with van der Waals surface area (Å²) >= 11 is 0. The number of piperazine rings is 1. The Morgan fingerprint density at radius 3 is 2.42 bits per heavy atom. The maximum Gasteiger partial charge on any atom is 0.407 e. The van der Waals surface area contributed by atoms with E-state index in [-0.39, 0.29) is 44.2 Å². The zero-order valence-electron chi connectivity index (χ0n) is 25.2. The molecular weight excluding hydrogens is 570 g/mol. The lowest BCUT2D eigenvalue weighted by Crippen LogP contribution is -2.57. The van der Waals surface area contributed by atoms with Crippen LogP contribution in [0.15, 0.2) is 91.4 Å². The molecule has 2 aromatic carbocycles. The Bertz CT molecular complexity index is 1580. The Balaban J connectivity index is 1.32. The summed E-state index contributed by atoms with van der Waals surface area (Å²) in [4.78, 5) is 38.5. The maximum absolute atomic E-state index is 14.4. The van der Waals surface area contributed by atoms with Gasteiger partial charge in [-0.25, -0.2) is 9.78 Å². The topological polar surface area (TPSA) is 121 Å². The van der Waals surface area contributed by atoms with Crippen molar-refractivity contribution in [2.75, 3.05) is 26.2 Å². The number of carbonyl (C=O) groups is 2. The van der Waals surface area contributed by atoms with Crippen LogP contribution in [0.2, 0.25) is 0 Å². The third-order valence-electron chi connectivity index (χ3n) is 8.99. The lowest BCUT2D eigenvalue weighted by molar-refractivity contribution is -0.103. The Morgan fingerprint density at radius 2 is 1.69 bits per heavy atom. The van der Waals surface area contributed by atoms with E-state index in [9.17, 15) is 19.8 Å². The molecule has 45 heavy (non-hydrogen) atoms. The van der Waals surface area contributed by atoms with Crippen molar-refractivity contribution in [2.24, 2.45) is 0 Å². The molecule has 234 valence electrons. The second-order valence-electron chi connectivity index (χ2n) is 12.0. The van der Waals surface area contributed by atoms with Gasteiger partial charge in [0.05, 0.1) is 43.0 Å². The fraction of sp³-hybridized carbons (Fsp3) is 0.371. The Hall–Kier alpha value is -4.54. The molecule has 6 rings (SSSR count). The first-order valence-electron chi connectivity index (χ1n) is 15.6. The molecule has 0 radical (unpaired) electrons. The second kappa shape index (κ2) is 13.6. The van der Waals surface area contributed by atoms with Gasteiger partial charge < -0.3 is 29.3 Å². The number of aliphatic hydroxyl groups is 1. The average molecular weight is 610 g/mol. The van der Waals surface area contributed by atoms with E-state index in [4.69, 9.17) is 9.72 Å². The first kappa shape index (κ1) is 30.5. The Labute approximate surface area is 262 Å². The number of pyridine rings is 1. The minimum atomic E-state index is -1.17. The van der Waals surface area contributed by atoms with Gasteiger partial charge in [-0.15, -0.1) is 0 Å². The molecule has 2 amide bonds. The summed E-state index contributed by atoms with van der Waals surface area (Å²) in [5.41, 5.74) is 2.42. The highest BCUT2D eigenvalue weighted by Gasteiger charge is 2.43. The van der Waals surface area contributed by atoms with Crippen molar-refractivity contribution in [1.29, 1.82) is 0 Å². The van der Waals surface area contributed by atoms with Crippen LogP contribution >= 0.6 is 0 Å². The molecule has 1 aliphatic heterocycles.